The molecule has 164 valence electrons. The molecule has 0 unspecified atom stereocenters. The van der Waals surface area contributed by atoms with Crippen LogP contribution >= 0.6 is 34.4 Å². The van der Waals surface area contributed by atoms with Crippen LogP contribution in [0, 0.1) is 10.5 Å². The summed E-state index contributed by atoms with van der Waals surface area (Å²) in [5, 5.41) is 12.3. The topological polar surface area (TPSA) is 69.0 Å². The van der Waals surface area contributed by atoms with Crippen molar-refractivity contribution in [2.75, 3.05) is 11.1 Å². The highest BCUT2D eigenvalue weighted by Crippen LogP contribution is 2.27. The van der Waals surface area contributed by atoms with E-state index in [4.69, 9.17) is 4.74 Å². The van der Waals surface area contributed by atoms with Crippen LogP contribution in [0.25, 0.3) is 0 Å². The summed E-state index contributed by atoms with van der Waals surface area (Å²) >= 11 is 3.67. The first-order valence-corrected chi connectivity index (χ1v) is 12.3. The Balaban J connectivity index is 1.61. The van der Waals surface area contributed by atoms with Gasteiger partial charge in [0.2, 0.25) is 5.91 Å². The second-order valence-electron chi connectivity index (χ2n) is 7.47. The average molecular weight is 550 g/mol. The van der Waals surface area contributed by atoms with E-state index in [9.17, 15) is 4.79 Å². The number of rotatable bonds is 9. The Labute approximate surface area is 201 Å². The van der Waals surface area contributed by atoms with Crippen molar-refractivity contribution in [3.63, 3.8) is 0 Å². The van der Waals surface area contributed by atoms with Gasteiger partial charge in [-0.3, -0.25) is 4.79 Å². The van der Waals surface area contributed by atoms with Crippen molar-refractivity contribution in [2.45, 2.75) is 51.9 Å². The zero-order valence-electron chi connectivity index (χ0n) is 18.2. The highest BCUT2D eigenvalue weighted by Gasteiger charge is 2.15. The third kappa shape index (κ3) is 6.46. The van der Waals surface area contributed by atoms with E-state index in [1.807, 2.05) is 54.8 Å². The quantitative estimate of drug-likeness (QED) is 0.276. The Morgan fingerprint density at radius 2 is 2.03 bits per heavy atom. The Kier molecular flexibility index (Phi) is 8.36. The van der Waals surface area contributed by atoms with Gasteiger partial charge in [-0.15, -0.1) is 10.2 Å². The molecule has 2 aromatic carbocycles. The summed E-state index contributed by atoms with van der Waals surface area (Å²) < 4.78 is 9.01. The first-order chi connectivity index (χ1) is 14.9. The standard InChI is InChI=1S/C23H27IN4O2S/c1-5-28-21(13-30-18-8-6-7-16(4)11-18)26-27-23(28)31-14-22(29)25-20-10-9-17(24)12-19(20)15(2)3/h6-12,15H,5,13-14H2,1-4H3,(H,25,29). The number of halogens is 1. The van der Waals surface area contributed by atoms with Crippen LogP contribution < -0.4 is 10.1 Å². The fourth-order valence-electron chi connectivity index (χ4n) is 3.14. The lowest BCUT2D eigenvalue weighted by Gasteiger charge is -2.14. The molecule has 3 aromatic rings. The van der Waals surface area contributed by atoms with Crippen molar-refractivity contribution in [3.05, 3.63) is 63.0 Å². The van der Waals surface area contributed by atoms with Crippen molar-refractivity contribution in [1.29, 1.82) is 0 Å². The number of nitrogens with one attached hydrogen (secondary N) is 1. The average Bonchev–Trinajstić information content (AvgIpc) is 3.13. The summed E-state index contributed by atoms with van der Waals surface area (Å²) in [5.74, 6) is 2.08. The van der Waals surface area contributed by atoms with Gasteiger partial charge in [-0.2, -0.15) is 0 Å². The van der Waals surface area contributed by atoms with Gasteiger partial charge in [0.25, 0.3) is 0 Å². The number of anilines is 1. The predicted octanol–water partition coefficient (Wildman–Crippen LogP) is 5.64. The van der Waals surface area contributed by atoms with Gasteiger partial charge >= 0.3 is 0 Å². The van der Waals surface area contributed by atoms with Crippen molar-refractivity contribution in [3.8, 4) is 5.75 Å². The monoisotopic (exact) mass is 550 g/mol. The smallest absolute Gasteiger partial charge is 0.234 e. The molecule has 0 saturated heterocycles. The molecule has 0 spiro atoms. The van der Waals surface area contributed by atoms with E-state index in [2.05, 4.69) is 58.0 Å². The minimum Gasteiger partial charge on any atom is -0.486 e. The van der Waals surface area contributed by atoms with Gasteiger partial charge in [-0.05, 0) is 83.8 Å². The molecule has 3 rings (SSSR count). The van der Waals surface area contributed by atoms with E-state index in [0.717, 1.165) is 32.0 Å². The maximum Gasteiger partial charge on any atom is 0.234 e. The molecule has 1 N–H and O–H groups in total. The minimum absolute atomic E-state index is 0.0590. The zero-order valence-corrected chi connectivity index (χ0v) is 21.2. The summed E-state index contributed by atoms with van der Waals surface area (Å²) in [6.07, 6.45) is 0. The lowest BCUT2D eigenvalue weighted by molar-refractivity contribution is -0.113. The van der Waals surface area contributed by atoms with Crippen LogP contribution in [0.15, 0.2) is 47.6 Å². The Morgan fingerprint density at radius 3 is 2.74 bits per heavy atom. The number of aromatic nitrogens is 3. The second-order valence-corrected chi connectivity index (χ2v) is 9.66. The molecule has 0 aliphatic heterocycles. The number of thioether (sulfide) groups is 1. The van der Waals surface area contributed by atoms with Crippen molar-refractivity contribution in [2.24, 2.45) is 0 Å². The lowest BCUT2D eigenvalue weighted by Crippen LogP contribution is -2.16. The van der Waals surface area contributed by atoms with Crippen LogP contribution in [0.5, 0.6) is 5.75 Å². The minimum atomic E-state index is -0.0590. The Hall–Kier alpha value is -2.07. The summed E-state index contributed by atoms with van der Waals surface area (Å²) in [6.45, 7) is 9.35. The van der Waals surface area contributed by atoms with E-state index in [1.165, 1.54) is 11.8 Å². The van der Waals surface area contributed by atoms with Crippen LogP contribution in [0.3, 0.4) is 0 Å². The number of amides is 1. The van der Waals surface area contributed by atoms with Crippen molar-refractivity contribution >= 4 is 45.9 Å². The van der Waals surface area contributed by atoms with E-state index >= 15 is 0 Å². The summed E-state index contributed by atoms with van der Waals surface area (Å²) in [6, 6.07) is 14.0. The van der Waals surface area contributed by atoms with Gasteiger partial charge in [0.1, 0.15) is 12.4 Å². The third-order valence-electron chi connectivity index (χ3n) is 4.71. The molecule has 8 heteroatoms. The summed E-state index contributed by atoms with van der Waals surface area (Å²) in [5.41, 5.74) is 3.15. The van der Waals surface area contributed by atoms with Gasteiger partial charge in [-0.1, -0.05) is 37.7 Å². The maximum atomic E-state index is 12.6. The molecule has 0 radical (unpaired) electrons. The lowest BCUT2D eigenvalue weighted by atomic mass is 10.0. The van der Waals surface area contributed by atoms with Gasteiger partial charge in [-0.25, -0.2) is 0 Å². The SMILES string of the molecule is CCn1c(COc2cccc(C)c2)nnc1SCC(=O)Nc1ccc(I)cc1C(C)C. The van der Waals surface area contributed by atoms with Crippen LogP contribution in [-0.2, 0) is 17.9 Å². The molecule has 0 saturated carbocycles. The molecular weight excluding hydrogens is 523 g/mol. The van der Waals surface area contributed by atoms with Gasteiger partial charge in [0, 0.05) is 15.8 Å². The fourth-order valence-corrected chi connectivity index (χ4v) is 4.48. The number of benzene rings is 2. The normalized spacial score (nSPS) is 11.0. The second kappa shape index (κ2) is 11.0. The molecule has 1 amide bonds. The number of ether oxygens (including phenoxy) is 1. The van der Waals surface area contributed by atoms with Crippen LogP contribution in [0.4, 0.5) is 5.69 Å². The number of aryl methyl sites for hydroxylation is 1. The zero-order chi connectivity index (χ0) is 22.4. The summed E-state index contributed by atoms with van der Waals surface area (Å²) in [4.78, 5) is 12.6. The highest BCUT2D eigenvalue weighted by atomic mass is 127. The Morgan fingerprint density at radius 1 is 1.23 bits per heavy atom. The van der Waals surface area contributed by atoms with Gasteiger partial charge < -0.3 is 14.6 Å². The van der Waals surface area contributed by atoms with Crippen LogP contribution in [0.1, 0.15) is 43.6 Å². The molecule has 1 heterocycles. The Bertz CT molecular complexity index is 1050. The molecule has 1 aromatic heterocycles. The van der Waals surface area contributed by atoms with Crippen LogP contribution in [0.2, 0.25) is 0 Å². The molecule has 31 heavy (non-hydrogen) atoms. The molecule has 0 aliphatic carbocycles. The highest BCUT2D eigenvalue weighted by molar-refractivity contribution is 14.1. The number of carbonyl (C=O) groups excluding carboxylic acids is 1. The van der Waals surface area contributed by atoms with Crippen molar-refractivity contribution < 1.29 is 9.53 Å². The molecule has 0 fully saturated rings. The first-order valence-electron chi connectivity index (χ1n) is 10.2. The van der Waals surface area contributed by atoms with E-state index in [1.54, 1.807) is 0 Å². The molecular formula is C23H27IN4O2S. The number of hydrogen-bond donors (Lipinski definition) is 1. The maximum absolute atomic E-state index is 12.6. The molecule has 0 bridgehead atoms. The van der Waals surface area contributed by atoms with Crippen LogP contribution in [-0.4, -0.2) is 26.4 Å². The molecule has 0 aliphatic rings. The largest absolute Gasteiger partial charge is 0.486 e. The molecule has 6 nitrogen and oxygen atoms in total. The van der Waals surface area contributed by atoms with Gasteiger partial charge in [0.05, 0.1) is 5.75 Å². The van der Waals surface area contributed by atoms with E-state index in [0.29, 0.717) is 24.2 Å². The van der Waals surface area contributed by atoms with E-state index in [-0.39, 0.29) is 11.7 Å². The number of hydrogen-bond acceptors (Lipinski definition) is 5. The fraction of sp³-hybridized carbons (Fsp3) is 0.348. The summed E-state index contributed by atoms with van der Waals surface area (Å²) in [7, 11) is 0. The van der Waals surface area contributed by atoms with Gasteiger partial charge in [0.15, 0.2) is 11.0 Å². The number of carbonyl (C=O) groups is 1. The van der Waals surface area contributed by atoms with E-state index < -0.39 is 0 Å². The predicted molar refractivity (Wildman–Crippen MR) is 134 cm³/mol. The third-order valence-corrected chi connectivity index (χ3v) is 6.35. The number of nitrogens with zero attached hydrogens (tertiary/aromatic N) is 3. The first kappa shape index (κ1) is 23.6. The molecule has 0 atom stereocenters. The van der Waals surface area contributed by atoms with Crippen molar-refractivity contribution in [1.82, 2.24) is 14.8 Å².